The highest BCUT2D eigenvalue weighted by molar-refractivity contribution is 5.88. The van der Waals surface area contributed by atoms with E-state index in [1.165, 1.54) is 0 Å². The molecule has 0 fully saturated rings. The molecular weight excluding hydrogens is 420 g/mol. The van der Waals surface area contributed by atoms with Gasteiger partial charge in [0.15, 0.2) is 11.5 Å². The van der Waals surface area contributed by atoms with Gasteiger partial charge in [-0.15, -0.1) is 0 Å². The van der Waals surface area contributed by atoms with Crippen molar-refractivity contribution in [3.05, 3.63) is 59.7 Å². The van der Waals surface area contributed by atoms with E-state index >= 15 is 0 Å². The molecule has 7 heteroatoms. The zero-order valence-electron chi connectivity index (χ0n) is 20.3. The number of hydrogen-bond donors (Lipinski definition) is 1. The van der Waals surface area contributed by atoms with Crippen LogP contribution >= 0.6 is 0 Å². The fraction of sp³-hybridized carbons (Fsp3) is 0.462. The molecule has 0 heterocycles. The summed E-state index contributed by atoms with van der Waals surface area (Å²) in [4.78, 5) is 27.8. The molecular formula is C26H36N2O5. The Morgan fingerprint density at radius 1 is 0.939 bits per heavy atom. The molecule has 0 saturated carbocycles. The second-order valence-corrected chi connectivity index (χ2v) is 8.11. The molecule has 0 aliphatic rings. The number of methoxy groups -OCH3 is 2. The Bertz CT molecular complexity index is 886. The lowest BCUT2D eigenvalue weighted by Gasteiger charge is -2.29. The van der Waals surface area contributed by atoms with Crippen molar-refractivity contribution in [2.45, 2.75) is 52.3 Å². The molecule has 2 rings (SSSR count). The highest BCUT2D eigenvalue weighted by atomic mass is 16.5. The largest absolute Gasteiger partial charge is 0.493 e. The van der Waals surface area contributed by atoms with Crippen molar-refractivity contribution < 1.29 is 23.8 Å². The van der Waals surface area contributed by atoms with E-state index in [0.717, 1.165) is 17.5 Å². The average Bonchev–Trinajstić information content (AvgIpc) is 2.82. The molecule has 2 amide bonds. The van der Waals surface area contributed by atoms with Gasteiger partial charge in [-0.25, -0.2) is 0 Å². The Balaban J connectivity index is 2.10. The van der Waals surface area contributed by atoms with Crippen LogP contribution in [0.3, 0.4) is 0 Å². The maximum Gasteiger partial charge on any atom is 0.242 e. The van der Waals surface area contributed by atoms with Gasteiger partial charge in [0.2, 0.25) is 11.8 Å². The van der Waals surface area contributed by atoms with Gasteiger partial charge >= 0.3 is 0 Å². The van der Waals surface area contributed by atoms with Gasteiger partial charge in [0.05, 0.1) is 26.7 Å². The van der Waals surface area contributed by atoms with Crippen molar-refractivity contribution in [1.82, 2.24) is 10.2 Å². The molecule has 0 aromatic heterocycles. The standard InChI is InChI=1S/C26H36N2O5/c1-19(2)33-15-9-14-27-26(30)20(3)28(18-21-10-7-6-8-11-21)25(29)17-22-12-13-23(31-4)24(16-22)32-5/h6-8,10-13,16,19-20H,9,14-15,17-18H2,1-5H3,(H,27,30)/t20-/m0/s1. The summed E-state index contributed by atoms with van der Waals surface area (Å²) in [6, 6.07) is 14.4. The first-order chi connectivity index (χ1) is 15.8. The predicted molar refractivity (Wildman–Crippen MR) is 128 cm³/mol. The lowest BCUT2D eigenvalue weighted by Crippen LogP contribution is -2.48. The van der Waals surface area contributed by atoms with Crippen LogP contribution in [0.2, 0.25) is 0 Å². The Hall–Kier alpha value is -3.06. The average molecular weight is 457 g/mol. The Morgan fingerprint density at radius 3 is 2.27 bits per heavy atom. The summed E-state index contributed by atoms with van der Waals surface area (Å²) >= 11 is 0. The second-order valence-electron chi connectivity index (χ2n) is 8.11. The van der Waals surface area contributed by atoms with Gasteiger partial charge in [0, 0.05) is 19.7 Å². The van der Waals surface area contributed by atoms with Crippen LogP contribution < -0.4 is 14.8 Å². The molecule has 0 bridgehead atoms. The third-order valence-corrected chi connectivity index (χ3v) is 5.24. The summed E-state index contributed by atoms with van der Waals surface area (Å²) in [7, 11) is 3.13. The molecule has 0 spiro atoms. The number of amides is 2. The Kier molecular flexibility index (Phi) is 10.7. The molecule has 0 unspecified atom stereocenters. The molecule has 0 aliphatic heterocycles. The van der Waals surface area contributed by atoms with E-state index in [0.29, 0.717) is 31.2 Å². The van der Waals surface area contributed by atoms with E-state index in [1.54, 1.807) is 38.2 Å². The molecule has 1 atom stereocenters. The third kappa shape index (κ3) is 8.42. The number of rotatable bonds is 13. The second kappa shape index (κ2) is 13.5. The van der Waals surface area contributed by atoms with E-state index in [4.69, 9.17) is 14.2 Å². The van der Waals surface area contributed by atoms with Gasteiger partial charge in [0.1, 0.15) is 6.04 Å². The molecule has 0 radical (unpaired) electrons. The van der Waals surface area contributed by atoms with E-state index in [1.807, 2.05) is 50.2 Å². The van der Waals surface area contributed by atoms with E-state index < -0.39 is 6.04 Å². The maximum atomic E-state index is 13.3. The van der Waals surface area contributed by atoms with E-state index in [-0.39, 0.29) is 24.3 Å². The lowest BCUT2D eigenvalue weighted by atomic mass is 10.1. The lowest BCUT2D eigenvalue weighted by molar-refractivity contribution is -0.140. The number of benzene rings is 2. The fourth-order valence-corrected chi connectivity index (χ4v) is 3.38. The summed E-state index contributed by atoms with van der Waals surface area (Å²) in [5, 5.41) is 2.93. The topological polar surface area (TPSA) is 77.1 Å². The van der Waals surface area contributed by atoms with Crippen LogP contribution in [-0.2, 0) is 27.3 Å². The molecule has 0 saturated heterocycles. The highest BCUT2D eigenvalue weighted by Gasteiger charge is 2.26. The molecule has 1 N–H and O–H groups in total. The van der Waals surface area contributed by atoms with Gasteiger partial charge in [-0.05, 0) is 50.5 Å². The zero-order chi connectivity index (χ0) is 24.2. The summed E-state index contributed by atoms with van der Waals surface area (Å²) in [5.41, 5.74) is 1.75. The minimum absolute atomic E-state index is 0.142. The third-order valence-electron chi connectivity index (χ3n) is 5.24. The first-order valence-electron chi connectivity index (χ1n) is 11.3. The van der Waals surface area contributed by atoms with Crippen LogP contribution in [0, 0.1) is 0 Å². The van der Waals surface area contributed by atoms with Crippen LogP contribution in [0.15, 0.2) is 48.5 Å². The molecule has 33 heavy (non-hydrogen) atoms. The smallest absolute Gasteiger partial charge is 0.242 e. The van der Waals surface area contributed by atoms with Crippen molar-refractivity contribution in [2.24, 2.45) is 0 Å². The van der Waals surface area contributed by atoms with Crippen molar-refractivity contribution in [3.63, 3.8) is 0 Å². The quantitative estimate of drug-likeness (QED) is 0.466. The number of carbonyl (C=O) groups is 2. The van der Waals surface area contributed by atoms with Crippen molar-refractivity contribution in [2.75, 3.05) is 27.4 Å². The SMILES string of the molecule is COc1ccc(CC(=O)N(Cc2ccccc2)[C@@H](C)C(=O)NCCCOC(C)C)cc1OC. The number of hydrogen-bond acceptors (Lipinski definition) is 5. The van der Waals surface area contributed by atoms with Crippen molar-refractivity contribution in [1.29, 1.82) is 0 Å². The van der Waals surface area contributed by atoms with Crippen molar-refractivity contribution >= 4 is 11.8 Å². The predicted octanol–water partition coefficient (Wildman–Crippen LogP) is 3.59. The summed E-state index contributed by atoms with van der Waals surface area (Å²) in [6.07, 6.45) is 1.03. The summed E-state index contributed by atoms with van der Waals surface area (Å²) in [5.74, 6) is 0.837. The summed E-state index contributed by atoms with van der Waals surface area (Å²) in [6.45, 7) is 7.14. The van der Waals surface area contributed by atoms with Gasteiger partial charge in [0.25, 0.3) is 0 Å². The molecule has 180 valence electrons. The van der Waals surface area contributed by atoms with Crippen LogP contribution in [0.25, 0.3) is 0 Å². The number of ether oxygens (including phenoxy) is 3. The molecule has 7 nitrogen and oxygen atoms in total. The minimum atomic E-state index is -0.621. The number of nitrogens with one attached hydrogen (secondary N) is 1. The van der Waals surface area contributed by atoms with Crippen LogP contribution in [0.4, 0.5) is 0 Å². The number of carbonyl (C=O) groups excluding carboxylic acids is 2. The van der Waals surface area contributed by atoms with E-state index in [9.17, 15) is 9.59 Å². The molecule has 2 aromatic rings. The zero-order valence-corrected chi connectivity index (χ0v) is 20.3. The Morgan fingerprint density at radius 2 is 1.64 bits per heavy atom. The minimum Gasteiger partial charge on any atom is -0.493 e. The van der Waals surface area contributed by atoms with Crippen molar-refractivity contribution in [3.8, 4) is 11.5 Å². The normalized spacial score (nSPS) is 11.7. The maximum absolute atomic E-state index is 13.3. The van der Waals surface area contributed by atoms with Gasteiger partial charge < -0.3 is 24.4 Å². The van der Waals surface area contributed by atoms with Crippen LogP contribution in [0.1, 0.15) is 38.3 Å². The van der Waals surface area contributed by atoms with Gasteiger partial charge in [-0.1, -0.05) is 36.4 Å². The van der Waals surface area contributed by atoms with E-state index in [2.05, 4.69) is 5.32 Å². The first-order valence-corrected chi connectivity index (χ1v) is 11.3. The summed E-state index contributed by atoms with van der Waals surface area (Å²) < 4.78 is 16.1. The monoisotopic (exact) mass is 456 g/mol. The Labute approximate surface area is 197 Å². The van der Waals surface area contributed by atoms with Gasteiger partial charge in [-0.3, -0.25) is 9.59 Å². The first kappa shape index (κ1) is 26.2. The van der Waals surface area contributed by atoms with Crippen LogP contribution in [-0.4, -0.2) is 56.2 Å². The molecule has 0 aliphatic carbocycles. The van der Waals surface area contributed by atoms with Gasteiger partial charge in [-0.2, -0.15) is 0 Å². The van der Waals surface area contributed by atoms with Crippen LogP contribution in [0.5, 0.6) is 11.5 Å². The number of nitrogens with zero attached hydrogens (tertiary/aromatic N) is 1. The molecule has 2 aromatic carbocycles. The fourth-order valence-electron chi connectivity index (χ4n) is 3.38. The highest BCUT2D eigenvalue weighted by Crippen LogP contribution is 2.28.